The fourth-order valence-electron chi connectivity index (χ4n) is 3.01. The summed E-state index contributed by atoms with van der Waals surface area (Å²) >= 11 is 5.97. The second-order valence-corrected chi connectivity index (χ2v) is 7.27. The fraction of sp³-hybridized carbons (Fsp3) is 0.300. The molecule has 0 radical (unpaired) electrons. The molecule has 9 heteroatoms. The molecule has 0 aliphatic carbocycles. The molecular formula is C20H19ClN2O6. The van der Waals surface area contributed by atoms with E-state index in [1.807, 2.05) is 0 Å². The van der Waals surface area contributed by atoms with Gasteiger partial charge in [0, 0.05) is 11.1 Å². The van der Waals surface area contributed by atoms with Crippen molar-refractivity contribution in [3.05, 3.63) is 62.2 Å². The van der Waals surface area contributed by atoms with Crippen molar-refractivity contribution >= 4 is 34.9 Å². The SMILES string of the molecule is Cc1cc(NC(=O)COC(=O)[C@H]2COc3ccc(Cl)cc3C2)c([N+](=O)[O-])cc1C. The molecule has 0 fully saturated rings. The third kappa shape index (κ3) is 4.83. The number of ether oxygens (including phenoxy) is 2. The Morgan fingerprint density at radius 1 is 1.28 bits per heavy atom. The first-order valence-corrected chi connectivity index (χ1v) is 9.25. The molecular weight excluding hydrogens is 400 g/mol. The maximum absolute atomic E-state index is 12.3. The van der Waals surface area contributed by atoms with E-state index < -0.39 is 29.3 Å². The number of fused-ring (bicyclic) bond motifs is 1. The molecule has 1 atom stereocenters. The van der Waals surface area contributed by atoms with Crippen LogP contribution in [0.25, 0.3) is 0 Å². The van der Waals surface area contributed by atoms with E-state index in [-0.39, 0.29) is 18.0 Å². The van der Waals surface area contributed by atoms with E-state index in [2.05, 4.69) is 5.32 Å². The van der Waals surface area contributed by atoms with E-state index in [9.17, 15) is 19.7 Å². The topological polar surface area (TPSA) is 108 Å². The van der Waals surface area contributed by atoms with Gasteiger partial charge in [-0.3, -0.25) is 19.7 Å². The average molecular weight is 419 g/mol. The van der Waals surface area contributed by atoms with Gasteiger partial charge in [0.15, 0.2) is 6.61 Å². The maximum atomic E-state index is 12.3. The van der Waals surface area contributed by atoms with Gasteiger partial charge in [-0.05, 0) is 61.2 Å². The molecule has 29 heavy (non-hydrogen) atoms. The summed E-state index contributed by atoms with van der Waals surface area (Å²) in [4.78, 5) is 35.1. The minimum absolute atomic E-state index is 0.0590. The van der Waals surface area contributed by atoms with Gasteiger partial charge < -0.3 is 14.8 Å². The molecule has 1 heterocycles. The Labute approximate surface area is 171 Å². The van der Waals surface area contributed by atoms with Gasteiger partial charge in [0.1, 0.15) is 18.0 Å². The standard InChI is InChI=1S/C20H19ClN2O6/c1-11-5-16(17(23(26)27)6-12(11)2)22-19(24)10-29-20(25)14-7-13-8-15(21)3-4-18(13)28-9-14/h3-6,8,14H,7,9-10H2,1-2H3,(H,22,24)/t14-/m1/s1. The Morgan fingerprint density at radius 3 is 2.72 bits per heavy atom. The van der Waals surface area contributed by atoms with Crippen LogP contribution in [0, 0.1) is 29.9 Å². The molecule has 0 bridgehead atoms. The molecule has 2 aromatic carbocycles. The lowest BCUT2D eigenvalue weighted by molar-refractivity contribution is -0.384. The Bertz CT molecular complexity index is 991. The first-order valence-electron chi connectivity index (χ1n) is 8.88. The number of carbonyl (C=O) groups excluding carboxylic acids is 2. The Balaban J connectivity index is 1.59. The predicted octanol–water partition coefficient (Wildman–Crippen LogP) is 3.60. The predicted molar refractivity (Wildman–Crippen MR) is 106 cm³/mol. The lowest BCUT2D eigenvalue weighted by atomic mass is 9.97. The van der Waals surface area contributed by atoms with E-state index in [1.165, 1.54) is 12.1 Å². The number of nitro groups is 1. The van der Waals surface area contributed by atoms with Crippen molar-refractivity contribution in [1.29, 1.82) is 0 Å². The summed E-state index contributed by atoms with van der Waals surface area (Å²) in [5.74, 6) is -1.15. The molecule has 2 aromatic rings. The Morgan fingerprint density at radius 2 is 2.00 bits per heavy atom. The van der Waals surface area contributed by atoms with E-state index in [4.69, 9.17) is 21.1 Å². The number of esters is 1. The number of hydrogen-bond acceptors (Lipinski definition) is 6. The molecule has 3 rings (SSSR count). The van der Waals surface area contributed by atoms with E-state index in [0.717, 1.165) is 16.7 Å². The number of rotatable bonds is 5. The highest BCUT2D eigenvalue weighted by Crippen LogP contribution is 2.30. The number of hydrogen-bond donors (Lipinski definition) is 1. The summed E-state index contributed by atoms with van der Waals surface area (Å²) in [6.45, 7) is 3.11. The van der Waals surface area contributed by atoms with Crippen molar-refractivity contribution in [1.82, 2.24) is 0 Å². The molecule has 8 nitrogen and oxygen atoms in total. The zero-order valence-corrected chi connectivity index (χ0v) is 16.6. The van der Waals surface area contributed by atoms with Gasteiger partial charge in [0.2, 0.25) is 0 Å². The third-order valence-electron chi connectivity index (χ3n) is 4.69. The Hall–Kier alpha value is -3.13. The minimum atomic E-state index is -0.662. The molecule has 1 aliphatic heterocycles. The van der Waals surface area contributed by atoms with Crippen LogP contribution in [0.5, 0.6) is 5.75 Å². The van der Waals surface area contributed by atoms with Crippen LogP contribution in [0.15, 0.2) is 30.3 Å². The zero-order valence-electron chi connectivity index (χ0n) is 15.9. The van der Waals surface area contributed by atoms with Crippen LogP contribution in [-0.2, 0) is 20.7 Å². The van der Waals surface area contributed by atoms with Crippen molar-refractivity contribution in [3.63, 3.8) is 0 Å². The zero-order chi connectivity index (χ0) is 21.1. The first kappa shape index (κ1) is 20.6. The molecule has 0 saturated carbocycles. The molecule has 0 saturated heterocycles. The van der Waals surface area contributed by atoms with Crippen LogP contribution in [0.1, 0.15) is 16.7 Å². The second kappa shape index (κ2) is 8.48. The molecule has 1 aliphatic rings. The van der Waals surface area contributed by atoms with Crippen LogP contribution in [0.2, 0.25) is 5.02 Å². The van der Waals surface area contributed by atoms with Crippen molar-refractivity contribution in [3.8, 4) is 5.75 Å². The minimum Gasteiger partial charge on any atom is -0.492 e. The van der Waals surface area contributed by atoms with Crippen LogP contribution in [0.4, 0.5) is 11.4 Å². The smallest absolute Gasteiger partial charge is 0.313 e. The quantitative estimate of drug-likeness (QED) is 0.451. The summed E-state index contributed by atoms with van der Waals surface area (Å²) in [5, 5.41) is 14.2. The van der Waals surface area contributed by atoms with E-state index in [0.29, 0.717) is 17.2 Å². The number of anilines is 1. The van der Waals surface area contributed by atoms with Gasteiger partial charge in [0.25, 0.3) is 11.6 Å². The Kier molecular flexibility index (Phi) is 6.03. The number of benzene rings is 2. The highest BCUT2D eigenvalue weighted by atomic mass is 35.5. The summed E-state index contributed by atoms with van der Waals surface area (Å²) < 4.78 is 10.6. The van der Waals surface area contributed by atoms with Crippen LogP contribution >= 0.6 is 11.6 Å². The van der Waals surface area contributed by atoms with Crippen molar-refractivity contribution < 1.29 is 24.0 Å². The van der Waals surface area contributed by atoms with Gasteiger partial charge in [-0.25, -0.2) is 0 Å². The number of halogens is 1. The van der Waals surface area contributed by atoms with Gasteiger partial charge in [-0.1, -0.05) is 11.6 Å². The number of nitro benzene ring substituents is 1. The monoisotopic (exact) mass is 418 g/mol. The lowest BCUT2D eigenvalue weighted by Crippen LogP contribution is -2.32. The number of nitrogens with zero attached hydrogens (tertiary/aromatic N) is 1. The van der Waals surface area contributed by atoms with Gasteiger partial charge >= 0.3 is 5.97 Å². The second-order valence-electron chi connectivity index (χ2n) is 6.83. The number of nitrogens with one attached hydrogen (secondary N) is 1. The number of aryl methyl sites for hydroxylation is 2. The van der Waals surface area contributed by atoms with E-state index >= 15 is 0 Å². The van der Waals surface area contributed by atoms with Gasteiger partial charge in [-0.2, -0.15) is 0 Å². The van der Waals surface area contributed by atoms with Crippen molar-refractivity contribution in [2.24, 2.45) is 5.92 Å². The third-order valence-corrected chi connectivity index (χ3v) is 4.93. The van der Waals surface area contributed by atoms with Gasteiger partial charge in [-0.15, -0.1) is 0 Å². The largest absolute Gasteiger partial charge is 0.492 e. The normalized spacial score (nSPS) is 15.1. The summed E-state index contributed by atoms with van der Waals surface area (Å²) in [6, 6.07) is 8.07. The molecule has 152 valence electrons. The highest BCUT2D eigenvalue weighted by Gasteiger charge is 2.28. The molecule has 0 unspecified atom stereocenters. The van der Waals surface area contributed by atoms with Crippen molar-refractivity contribution in [2.75, 3.05) is 18.5 Å². The number of amides is 1. The van der Waals surface area contributed by atoms with Crippen LogP contribution < -0.4 is 10.1 Å². The molecule has 0 aromatic heterocycles. The highest BCUT2D eigenvalue weighted by molar-refractivity contribution is 6.30. The molecule has 0 spiro atoms. The van der Waals surface area contributed by atoms with Crippen molar-refractivity contribution in [2.45, 2.75) is 20.3 Å². The summed E-state index contributed by atoms with van der Waals surface area (Å²) in [6.07, 6.45) is 0.388. The molecule has 1 amide bonds. The summed E-state index contributed by atoms with van der Waals surface area (Å²) in [5.41, 5.74) is 2.16. The lowest BCUT2D eigenvalue weighted by Gasteiger charge is -2.24. The summed E-state index contributed by atoms with van der Waals surface area (Å²) in [7, 11) is 0. The van der Waals surface area contributed by atoms with Crippen LogP contribution in [-0.4, -0.2) is 30.0 Å². The van der Waals surface area contributed by atoms with Gasteiger partial charge in [0.05, 0.1) is 10.8 Å². The average Bonchev–Trinajstić information content (AvgIpc) is 2.67. The fourth-order valence-corrected chi connectivity index (χ4v) is 3.20. The van der Waals surface area contributed by atoms with E-state index in [1.54, 1.807) is 32.0 Å². The first-order chi connectivity index (χ1) is 13.7. The number of carbonyl (C=O) groups is 2. The maximum Gasteiger partial charge on any atom is 0.313 e. The molecule has 1 N–H and O–H groups in total. The van der Waals surface area contributed by atoms with Crippen LogP contribution in [0.3, 0.4) is 0 Å².